The molecule has 0 aromatic heterocycles. The van der Waals surface area contributed by atoms with Gasteiger partial charge < -0.3 is 4.74 Å². The summed E-state index contributed by atoms with van der Waals surface area (Å²) in [6, 6.07) is 4.10. The number of esters is 1. The first-order chi connectivity index (χ1) is 8.00. The number of halogens is 1. The maximum atomic E-state index is 11.9. The van der Waals surface area contributed by atoms with E-state index in [0.29, 0.717) is 5.56 Å². The molecule has 0 fully saturated rings. The standard InChI is InChI=1S/C12H15ClO4S/c1-8-5-6-9(18(13,15)16)7-10(8)11(14)17-12(2,3)4/h5-7H,1-4H3. The Morgan fingerprint density at radius 3 is 2.28 bits per heavy atom. The minimum atomic E-state index is -3.85. The second-order valence-electron chi connectivity index (χ2n) is 4.92. The molecule has 0 aliphatic carbocycles. The lowest BCUT2D eigenvalue weighted by atomic mass is 10.1. The average Bonchev–Trinajstić information content (AvgIpc) is 2.13. The van der Waals surface area contributed by atoms with Crippen LogP contribution < -0.4 is 0 Å². The molecule has 0 saturated carbocycles. The molecule has 1 aromatic rings. The highest BCUT2D eigenvalue weighted by atomic mass is 35.7. The highest BCUT2D eigenvalue weighted by Gasteiger charge is 2.21. The van der Waals surface area contributed by atoms with Crippen molar-refractivity contribution in [3.8, 4) is 0 Å². The number of carbonyl (C=O) groups is 1. The van der Waals surface area contributed by atoms with Crippen molar-refractivity contribution in [1.82, 2.24) is 0 Å². The largest absolute Gasteiger partial charge is 0.456 e. The summed E-state index contributed by atoms with van der Waals surface area (Å²) in [5.41, 5.74) is 0.194. The number of carbonyl (C=O) groups excluding carboxylic acids is 1. The number of ether oxygens (including phenoxy) is 1. The van der Waals surface area contributed by atoms with Crippen LogP contribution in [0.3, 0.4) is 0 Å². The third kappa shape index (κ3) is 3.99. The Hall–Kier alpha value is -1.07. The van der Waals surface area contributed by atoms with E-state index in [-0.39, 0.29) is 10.5 Å². The normalized spacial score (nSPS) is 12.3. The fourth-order valence-corrected chi connectivity index (χ4v) is 2.08. The quantitative estimate of drug-likeness (QED) is 0.621. The van der Waals surface area contributed by atoms with Crippen LogP contribution in [0.5, 0.6) is 0 Å². The van der Waals surface area contributed by atoms with Gasteiger partial charge in [-0.3, -0.25) is 0 Å². The number of hydrogen-bond acceptors (Lipinski definition) is 4. The second-order valence-corrected chi connectivity index (χ2v) is 7.48. The molecular formula is C12H15ClO4S. The zero-order chi connectivity index (χ0) is 14.1. The van der Waals surface area contributed by atoms with E-state index in [1.807, 2.05) is 0 Å². The summed E-state index contributed by atoms with van der Waals surface area (Å²) in [6.45, 7) is 6.91. The molecule has 0 N–H and O–H groups in total. The van der Waals surface area contributed by atoms with Crippen molar-refractivity contribution in [2.75, 3.05) is 0 Å². The Bertz CT molecular complexity index is 570. The van der Waals surface area contributed by atoms with E-state index in [2.05, 4.69) is 0 Å². The Labute approximate surface area is 111 Å². The van der Waals surface area contributed by atoms with Gasteiger partial charge in [0.05, 0.1) is 10.5 Å². The van der Waals surface area contributed by atoms with Crippen LogP contribution in [-0.4, -0.2) is 20.0 Å². The monoisotopic (exact) mass is 290 g/mol. The number of rotatable bonds is 2. The Morgan fingerprint density at radius 1 is 1.28 bits per heavy atom. The predicted molar refractivity (Wildman–Crippen MR) is 69.4 cm³/mol. The highest BCUT2D eigenvalue weighted by molar-refractivity contribution is 8.13. The van der Waals surface area contributed by atoms with E-state index in [4.69, 9.17) is 15.4 Å². The lowest BCUT2D eigenvalue weighted by Gasteiger charge is -2.20. The van der Waals surface area contributed by atoms with Gasteiger partial charge >= 0.3 is 5.97 Å². The summed E-state index contributed by atoms with van der Waals surface area (Å²) in [5.74, 6) is -0.567. The summed E-state index contributed by atoms with van der Waals surface area (Å²) in [6.07, 6.45) is 0. The van der Waals surface area contributed by atoms with Crippen LogP contribution in [0.4, 0.5) is 0 Å². The first-order valence-corrected chi connectivity index (χ1v) is 7.60. The maximum absolute atomic E-state index is 11.9. The number of hydrogen-bond donors (Lipinski definition) is 0. The van der Waals surface area contributed by atoms with Crippen molar-refractivity contribution in [2.24, 2.45) is 0 Å². The fraction of sp³-hybridized carbons (Fsp3) is 0.417. The van der Waals surface area contributed by atoms with E-state index >= 15 is 0 Å². The van der Waals surface area contributed by atoms with Crippen LogP contribution in [0.1, 0.15) is 36.7 Å². The summed E-state index contributed by atoms with van der Waals surface area (Å²) < 4.78 is 27.6. The Kier molecular flexibility index (Phi) is 4.08. The number of benzene rings is 1. The van der Waals surface area contributed by atoms with Crippen LogP contribution in [0.2, 0.25) is 0 Å². The van der Waals surface area contributed by atoms with Gasteiger partial charge in [0.1, 0.15) is 5.60 Å². The van der Waals surface area contributed by atoms with E-state index in [1.165, 1.54) is 18.2 Å². The maximum Gasteiger partial charge on any atom is 0.338 e. The van der Waals surface area contributed by atoms with Gasteiger partial charge in [0.25, 0.3) is 9.05 Å². The lowest BCUT2D eigenvalue weighted by molar-refractivity contribution is 0.00685. The molecule has 0 heterocycles. The fourth-order valence-electron chi connectivity index (χ4n) is 1.31. The molecule has 4 nitrogen and oxygen atoms in total. The molecule has 1 rings (SSSR count). The van der Waals surface area contributed by atoms with Gasteiger partial charge in [0, 0.05) is 10.7 Å². The molecule has 0 amide bonds. The second kappa shape index (κ2) is 4.90. The van der Waals surface area contributed by atoms with Gasteiger partial charge in [-0.2, -0.15) is 0 Å². The first-order valence-electron chi connectivity index (χ1n) is 5.29. The molecular weight excluding hydrogens is 276 g/mol. The molecule has 0 atom stereocenters. The first kappa shape index (κ1) is 15.0. The third-order valence-electron chi connectivity index (χ3n) is 2.11. The zero-order valence-corrected chi connectivity index (χ0v) is 12.2. The van der Waals surface area contributed by atoms with Gasteiger partial charge in [0.2, 0.25) is 0 Å². The van der Waals surface area contributed by atoms with Gasteiger partial charge in [-0.1, -0.05) is 6.07 Å². The van der Waals surface area contributed by atoms with Crippen LogP contribution in [0.25, 0.3) is 0 Å². The van der Waals surface area contributed by atoms with Crippen LogP contribution in [0.15, 0.2) is 23.1 Å². The van der Waals surface area contributed by atoms with E-state index in [0.717, 1.165) is 0 Å². The molecule has 6 heteroatoms. The lowest BCUT2D eigenvalue weighted by Crippen LogP contribution is -2.24. The van der Waals surface area contributed by atoms with E-state index in [1.54, 1.807) is 27.7 Å². The van der Waals surface area contributed by atoms with Crippen LogP contribution >= 0.6 is 10.7 Å². The summed E-state index contributed by atoms with van der Waals surface area (Å²) in [7, 11) is 1.39. The van der Waals surface area contributed by atoms with Crippen molar-refractivity contribution in [3.05, 3.63) is 29.3 Å². The molecule has 0 saturated heterocycles. The smallest absolute Gasteiger partial charge is 0.338 e. The van der Waals surface area contributed by atoms with Crippen molar-refractivity contribution >= 4 is 25.7 Å². The van der Waals surface area contributed by atoms with Gasteiger partial charge in [-0.25, -0.2) is 13.2 Å². The summed E-state index contributed by atoms with van der Waals surface area (Å²) in [5, 5.41) is 0. The van der Waals surface area contributed by atoms with Crippen molar-refractivity contribution < 1.29 is 17.9 Å². The van der Waals surface area contributed by atoms with Gasteiger partial charge in [-0.15, -0.1) is 0 Å². The SMILES string of the molecule is Cc1ccc(S(=O)(=O)Cl)cc1C(=O)OC(C)(C)C. The van der Waals surface area contributed by atoms with Crippen LogP contribution in [0, 0.1) is 6.92 Å². The Morgan fingerprint density at radius 2 is 1.83 bits per heavy atom. The van der Waals surface area contributed by atoms with Crippen molar-refractivity contribution in [1.29, 1.82) is 0 Å². The van der Waals surface area contributed by atoms with E-state index in [9.17, 15) is 13.2 Å². The minimum Gasteiger partial charge on any atom is -0.456 e. The summed E-state index contributed by atoms with van der Waals surface area (Å²) >= 11 is 0. The predicted octanol–water partition coefficient (Wildman–Crippen LogP) is 2.88. The topological polar surface area (TPSA) is 60.4 Å². The Balaban J connectivity index is 3.21. The molecule has 0 bridgehead atoms. The molecule has 0 aliphatic rings. The van der Waals surface area contributed by atoms with Crippen LogP contribution in [-0.2, 0) is 13.8 Å². The minimum absolute atomic E-state index is 0.115. The number of aryl methyl sites for hydroxylation is 1. The van der Waals surface area contributed by atoms with E-state index < -0.39 is 20.6 Å². The van der Waals surface area contributed by atoms with Crippen molar-refractivity contribution in [2.45, 2.75) is 38.2 Å². The molecule has 0 unspecified atom stereocenters. The van der Waals surface area contributed by atoms with Gasteiger partial charge in [0.15, 0.2) is 0 Å². The molecule has 18 heavy (non-hydrogen) atoms. The van der Waals surface area contributed by atoms with Crippen molar-refractivity contribution in [3.63, 3.8) is 0 Å². The summed E-state index contributed by atoms with van der Waals surface area (Å²) in [4.78, 5) is 11.8. The molecule has 0 spiro atoms. The average molecular weight is 291 g/mol. The zero-order valence-electron chi connectivity index (χ0n) is 10.7. The third-order valence-corrected chi connectivity index (χ3v) is 3.46. The van der Waals surface area contributed by atoms with Gasteiger partial charge in [-0.05, 0) is 45.4 Å². The highest BCUT2D eigenvalue weighted by Crippen LogP contribution is 2.21. The molecule has 0 radical (unpaired) electrons. The molecule has 100 valence electrons. The molecule has 0 aliphatic heterocycles. The molecule has 1 aromatic carbocycles.